The van der Waals surface area contributed by atoms with E-state index in [1.807, 2.05) is 36.4 Å². The summed E-state index contributed by atoms with van der Waals surface area (Å²) in [5.41, 5.74) is 2.26. The highest BCUT2D eigenvalue weighted by Crippen LogP contribution is 2.28. The molecule has 1 aromatic heterocycles. The van der Waals surface area contributed by atoms with Crippen LogP contribution >= 0.6 is 15.9 Å². The highest BCUT2D eigenvalue weighted by Gasteiger charge is 2.08. The first-order valence-electron chi connectivity index (χ1n) is 5.55. The minimum atomic E-state index is -0.255. The third-order valence-electron chi connectivity index (χ3n) is 2.85. The molecule has 1 heterocycles. The molecule has 0 fully saturated rings. The van der Waals surface area contributed by atoms with Gasteiger partial charge in [0.2, 0.25) is 0 Å². The lowest BCUT2D eigenvalue weighted by atomic mass is 10.1. The molecule has 0 aliphatic heterocycles. The van der Waals surface area contributed by atoms with Crippen molar-refractivity contribution in [2.24, 2.45) is 0 Å². The van der Waals surface area contributed by atoms with E-state index in [2.05, 4.69) is 20.9 Å². The third-order valence-corrected chi connectivity index (χ3v) is 3.47. The maximum atomic E-state index is 14.0. The summed E-state index contributed by atoms with van der Waals surface area (Å²) in [5.74, 6) is -0.255. The number of nitrogens with zero attached hydrogens (tertiary/aromatic N) is 1. The maximum absolute atomic E-state index is 14.0. The molecule has 0 aliphatic rings. The minimum Gasteiger partial charge on any atom is -0.256 e. The number of pyridine rings is 1. The molecule has 0 aliphatic carbocycles. The van der Waals surface area contributed by atoms with Gasteiger partial charge in [0.1, 0.15) is 5.82 Å². The molecule has 2 aromatic carbocycles. The van der Waals surface area contributed by atoms with Crippen LogP contribution in [-0.4, -0.2) is 4.98 Å². The second-order valence-electron chi connectivity index (χ2n) is 4.02. The molecular weight excluding hydrogens is 293 g/mol. The second kappa shape index (κ2) is 4.50. The lowest BCUT2D eigenvalue weighted by Crippen LogP contribution is -1.87. The summed E-state index contributed by atoms with van der Waals surface area (Å²) < 4.78 is 14.5. The molecule has 1 nitrogen and oxygen atoms in total. The highest BCUT2D eigenvalue weighted by molar-refractivity contribution is 9.10. The molecule has 0 atom stereocenters. The standard InChI is InChI=1S/C15H9BrFN/c16-13-6-3-5-12(15(13)17)11-8-10-4-1-2-7-14(10)18-9-11/h1-9H. The predicted molar refractivity (Wildman–Crippen MR) is 74.8 cm³/mol. The quantitative estimate of drug-likeness (QED) is 0.629. The largest absolute Gasteiger partial charge is 0.256 e. The van der Waals surface area contributed by atoms with Crippen molar-refractivity contribution >= 4 is 26.8 Å². The van der Waals surface area contributed by atoms with Gasteiger partial charge in [-0.15, -0.1) is 0 Å². The molecule has 0 unspecified atom stereocenters. The average Bonchev–Trinajstić information content (AvgIpc) is 2.41. The number of para-hydroxylation sites is 1. The summed E-state index contributed by atoms with van der Waals surface area (Å²) in [4.78, 5) is 4.35. The lowest BCUT2D eigenvalue weighted by Gasteiger charge is -2.06. The van der Waals surface area contributed by atoms with E-state index in [4.69, 9.17) is 0 Å². The zero-order valence-corrected chi connectivity index (χ0v) is 11.0. The summed E-state index contributed by atoms with van der Waals surface area (Å²) in [6.45, 7) is 0. The van der Waals surface area contributed by atoms with Crippen molar-refractivity contribution in [3.63, 3.8) is 0 Å². The van der Waals surface area contributed by atoms with Crippen molar-refractivity contribution in [1.29, 1.82) is 0 Å². The topological polar surface area (TPSA) is 12.9 Å². The summed E-state index contributed by atoms with van der Waals surface area (Å²) in [5, 5.41) is 1.01. The number of rotatable bonds is 1. The first kappa shape index (κ1) is 11.4. The third kappa shape index (κ3) is 1.91. The second-order valence-corrected chi connectivity index (χ2v) is 4.87. The van der Waals surface area contributed by atoms with Crippen molar-refractivity contribution in [3.05, 3.63) is 65.0 Å². The van der Waals surface area contributed by atoms with E-state index in [0.29, 0.717) is 10.0 Å². The molecule has 18 heavy (non-hydrogen) atoms. The van der Waals surface area contributed by atoms with E-state index >= 15 is 0 Å². The molecule has 3 aromatic rings. The van der Waals surface area contributed by atoms with Gasteiger partial charge in [-0.3, -0.25) is 4.98 Å². The molecule has 0 saturated carbocycles. The first-order chi connectivity index (χ1) is 8.75. The van der Waals surface area contributed by atoms with Gasteiger partial charge >= 0.3 is 0 Å². The van der Waals surface area contributed by atoms with Crippen LogP contribution < -0.4 is 0 Å². The van der Waals surface area contributed by atoms with Gasteiger partial charge in [-0.25, -0.2) is 4.39 Å². The van der Waals surface area contributed by atoms with Gasteiger partial charge in [0.05, 0.1) is 9.99 Å². The zero-order chi connectivity index (χ0) is 12.5. The van der Waals surface area contributed by atoms with Crippen LogP contribution in [0.25, 0.3) is 22.0 Å². The molecular formula is C15H9BrFN. The summed E-state index contributed by atoms with van der Waals surface area (Å²) in [6, 6.07) is 15.0. The van der Waals surface area contributed by atoms with Gasteiger partial charge in [-0.1, -0.05) is 30.3 Å². The van der Waals surface area contributed by atoms with Crippen molar-refractivity contribution < 1.29 is 4.39 Å². The Morgan fingerprint density at radius 2 is 1.83 bits per heavy atom. The Morgan fingerprint density at radius 3 is 2.72 bits per heavy atom. The monoisotopic (exact) mass is 301 g/mol. The number of hydrogen-bond acceptors (Lipinski definition) is 1. The van der Waals surface area contributed by atoms with Crippen LogP contribution in [0, 0.1) is 5.82 Å². The molecule has 0 amide bonds. The Kier molecular flexibility index (Phi) is 2.84. The van der Waals surface area contributed by atoms with Crippen LogP contribution in [0.1, 0.15) is 0 Å². The Labute approximate surface area is 112 Å². The van der Waals surface area contributed by atoms with E-state index in [9.17, 15) is 4.39 Å². The summed E-state index contributed by atoms with van der Waals surface area (Å²) in [6.07, 6.45) is 1.70. The van der Waals surface area contributed by atoms with Gasteiger partial charge < -0.3 is 0 Å². The van der Waals surface area contributed by atoms with Crippen LogP contribution in [0.4, 0.5) is 4.39 Å². The van der Waals surface area contributed by atoms with Crippen molar-refractivity contribution in [1.82, 2.24) is 4.98 Å². The van der Waals surface area contributed by atoms with E-state index in [0.717, 1.165) is 16.5 Å². The van der Waals surface area contributed by atoms with Crippen molar-refractivity contribution in [2.75, 3.05) is 0 Å². The zero-order valence-electron chi connectivity index (χ0n) is 9.40. The van der Waals surface area contributed by atoms with Crippen LogP contribution in [0.3, 0.4) is 0 Å². The number of fused-ring (bicyclic) bond motifs is 1. The summed E-state index contributed by atoms with van der Waals surface area (Å²) >= 11 is 3.20. The number of halogens is 2. The molecule has 3 heteroatoms. The van der Waals surface area contributed by atoms with Gasteiger partial charge in [-0.05, 0) is 34.1 Å². The molecule has 88 valence electrons. The molecule has 0 N–H and O–H groups in total. The lowest BCUT2D eigenvalue weighted by molar-refractivity contribution is 0.624. The van der Waals surface area contributed by atoms with Gasteiger partial charge in [0.25, 0.3) is 0 Å². The van der Waals surface area contributed by atoms with Crippen molar-refractivity contribution in [3.8, 4) is 11.1 Å². The Morgan fingerprint density at radius 1 is 1.00 bits per heavy atom. The van der Waals surface area contributed by atoms with Crippen LogP contribution in [0.2, 0.25) is 0 Å². The predicted octanol–water partition coefficient (Wildman–Crippen LogP) is 4.80. The summed E-state index contributed by atoms with van der Waals surface area (Å²) in [7, 11) is 0. The fraction of sp³-hybridized carbons (Fsp3) is 0. The van der Waals surface area contributed by atoms with Crippen LogP contribution in [0.5, 0.6) is 0 Å². The highest BCUT2D eigenvalue weighted by atomic mass is 79.9. The van der Waals surface area contributed by atoms with E-state index < -0.39 is 0 Å². The molecule has 0 bridgehead atoms. The number of benzene rings is 2. The SMILES string of the molecule is Fc1c(Br)cccc1-c1cnc2ccccc2c1. The normalized spacial score (nSPS) is 10.8. The molecule has 0 spiro atoms. The van der Waals surface area contributed by atoms with Gasteiger partial charge in [0, 0.05) is 22.7 Å². The van der Waals surface area contributed by atoms with Crippen molar-refractivity contribution in [2.45, 2.75) is 0 Å². The van der Waals surface area contributed by atoms with Crippen LogP contribution in [-0.2, 0) is 0 Å². The Hall–Kier alpha value is -1.74. The van der Waals surface area contributed by atoms with Crippen LogP contribution in [0.15, 0.2) is 59.2 Å². The van der Waals surface area contributed by atoms with E-state index in [1.165, 1.54) is 0 Å². The van der Waals surface area contributed by atoms with E-state index in [-0.39, 0.29) is 5.82 Å². The van der Waals surface area contributed by atoms with E-state index in [1.54, 1.807) is 18.3 Å². The Bertz CT molecular complexity index is 725. The first-order valence-corrected chi connectivity index (χ1v) is 6.34. The fourth-order valence-electron chi connectivity index (χ4n) is 1.95. The Balaban J connectivity index is 2.22. The van der Waals surface area contributed by atoms with Gasteiger partial charge in [0.15, 0.2) is 0 Å². The maximum Gasteiger partial charge on any atom is 0.145 e. The molecule has 3 rings (SSSR count). The number of aromatic nitrogens is 1. The fourth-order valence-corrected chi connectivity index (χ4v) is 2.31. The van der Waals surface area contributed by atoms with Gasteiger partial charge in [-0.2, -0.15) is 0 Å². The smallest absolute Gasteiger partial charge is 0.145 e. The minimum absolute atomic E-state index is 0.255. The average molecular weight is 302 g/mol. The molecule has 0 radical (unpaired) electrons. The molecule has 0 saturated heterocycles. The number of hydrogen-bond donors (Lipinski definition) is 0.